The van der Waals surface area contributed by atoms with Crippen molar-refractivity contribution in [1.29, 1.82) is 0 Å². The maximum atomic E-state index is 13.0. The van der Waals surface area contributed by atoms with Crippen molar-refractivity contribution in [2.75, 3.05) is 0 Å². The molecule has 2 atom stereocenters. The van der Waals surface area contributed by atoms with Gasteiger partial charge in [0.15, 0.2) is 5.17 Å². The minimum Gasteiger partial charge on any atom is -0.379 e. The number of nitro benzene ring substituents is 1. The molecule has 1 aliphatic heterocycles. The lowest BCUT2D eigenvalue weighted by Crippen LogP contribution is -2.36. The molecule has 1 aromatic carbocycles. The van der Waals surface area contributed by atoms with Gasteiger partial charge in [-0.05, 0) is 19.1 Å². The Morgan fingerprint density at radius 3 is 2.90 bits per heavy atom. The Morgan fingerprint density at radius 2 is 2.33 bits per heavy atom. The normalized spacial score (nSPS) is 21.0. The molecule has 0 aromatic heterocycles. The summed E-state index contributed by atoms with van der Waals surface area (Å²) in [5.41, 5.74) is 5.42. The van der Waals surface area contributed by atoms with Gasteiger partial charge in [0.05, 0.1) is 17.0 Å². The van der Waals surface area contributed by atoms with Gasteiger partial charge in [0.25, 0.3) is 5.69 Å². The molecule has 0 saturated carbocycles. The molecule has 1 aromatic rings. The third kappa shape index (κ3) is 3.48. The van der Waals surface area contributed by atoms with E-state index in [0.717, 1.165) is 23.9 Å². The van der Waals surface area contributed by atoms with E-state index in [2.05, 4.69) is 10.3 Å². The lowest BCUT2D eigenvalue weighted by Gasteiger charge is -2.13. The maximum absolute atomic E-state index is 13.0. The molecule has 7 nitrogen and oxygen atoms in total. The number of nitrogens with one attached hydrogen (secondary N) is 1. The van der Waals surface area contributed by atoms with Crippen LogP contribution >= 0.6 is 11.8 Å². The zero-order valence-corrected chi connectivity index (χ0v) is 11.9. The van der Waals surface area contributed by atoms with Crippen molar-refractivity contribution < 1.29 is 14.1 Å². The number of hydrogen-bond acceptors (Lipinski definition) is 6. The fraction of sp³-hybridized carbons (Fsp3) is 0.333. The van der Waals surface area contributed by atoms with Gasteiger partial charge in [0.2, 0.25) is 5.91 Å². The number of carbonyl (C=O) groups is 1. The zero-order valence-electron chi connectivity index (χ0n) is 11.1. The van der Waals surface area contributed by atoms with Crippen molar-refractivity contribution in [2.24, 2.45) is 10.7 Å². The number of thioether (sulfide) groups is 1. The summed E-state index contributed by atoms with van der Waals surface area (Å²) in [6.07, 6.45) is 0. The number of carbonyl (C=O) groups excluding carboxylic acids is 1. The van der Waals surface area contributed by atoms with Crippen LogP contribution in [0.5, 0.6) is 0 Å². The lowest BCUT2D eigenvalue weighted by molar-refractivity contribution is -0.385. The van der Waals surface area contributed by atoms with E-state index in [1.54, 1.807) is 6.92 Å². The molecule has 0 aliphatic carbocycles. The van der Waals surface area contributed by atoms with E-state index in [-0.39, 0.29) is 29.7 Å². The molecule has 3 N–H and O–H groups in total. The summed E-state index contributed by atoms with van der Waals surface area (Å²) in [5.74, 6) is -1.01. The number of nitrogens with zero attached hydrogens (tertiary/aromatic N) is 2. The number of amidine groups is 1. The summed E-state index contributed by atoms with van der Waals surface area (Å²) >= 11 is 1.15. The molecule has 0 saturated heterocycles. The number of amides is 1. The molecule has 0 bridgehead atoms. The van der Waals surface area contributed by atoms with Crippen LogP contribution in [0.25, 0.3) is 0 Å². The predicted molar refractivity (Wildman–Crippen MR) is 77.4 cm³/mol. The quantitative estimate of drug-likeness (QED) is 0.640. The van der Waals surface area contributed by atoms with E-state index in [4.69, 9.17) is 5.73 Å². The fourth-order valence-electron chi connectivity index (χ4n) is 1.94. The Morgan fingerprint density at radius 1 is 1.62 bits per heavy atom. The first-order valence-corrected chi connectivity index (χ1v) is 6.97. The second-order valence-corrected chi connectivity index (χ2v) is 5.66. The van der Waals surface area contributed by atoms with Gasteiger partial charge in [-0.2, -0.15) is 0 Å². The molecule has 2 rings (SSSR count). The first-order chi connectivity index (χ1) is 9.88. The average Bonchev–Trinajstić information content (AvgIpc) is 2.75. The molecule has 1 aliphatic rings. The van der Waals surface area contributed by atoms with Gasteiger partial charge < -0.3 is 11.1 Å². The molecule has 0 fully saturated rings. The van der Waals surface area contributed by atoms with Crippen molar-refractivity contribution in [3.05, 3.63) is 39.7 Å². The topological polar surface area (TPSA) is 111 Å². The summed E-state index contributed by atoms with van der Waals surface area (Å²) in [5, 5.41) is 13.3. The average molecular weight is 312 g/mol. The number of rotatable bonds is 4. The largest absolute Gasteiger partial charge is 0.379 e. The van der Waals surface area contributed by atoms with Crippen molar-refractivity contribution in [3.8, 4) is 0 Å². The van der Waals surface area contributed by atoms with Gasteiger partial charge in [-0.3, -0.25) is 19.9 Å². The summed E-state index contributed by atoms with van der Waals surface area (Å²) in [4.78, 5) is 26.2. The van der Waals surface area contributed by atoms with E-state index in [1.165, 1.54) is 6.07 Å². The highest BCUT2D eigenvalue weighted by molar-refractivity contribution is 8.15. The van der Waals surface area contributed by atoms with Gasteiger partial charge in [0.1, 0.15) is 11.1 Å². The first-order valence-electron chi connectivity index (χ1n) is 6.09. The smallest absolute Gasteiger partial charge is 0.277 e. The minimum absolute atomic E-state index is 0.0564. The fourth-order valence-corrected chi connectivity index (χ4v) is 2.87. The molecular formula is C12H13FN4O3S. The Kier molecular flexibility index (Phi) is 4.41. The van der Waals surface area contributed by atoms with Gasteiger partial charge >= 0.3 is 0 Å². The van der Waals surface area contributed by atoms with Crippen LogP contribution in [0.1, 0.15) is 12.5 Å². The van der Waals surface area contributed by atoms with E-state index >= 15 is 0 Å². The summed E-state index contributed by atoms with van der Waals surface area (Å²) in [6, 6.07) is 2.97. The van der Waals surface area contributed by atoms with E-state index in [9.17, 15) is 19.3 Å². The highest BCUT2D eigenvalue weighted by Gasteiger charge is 2.32. The van der Waals surface area contributed by atoms with E-state index < -0.39 is 16.0 Å². The Bertz CT molecular complexity index is 623. The minimum atomic E-state index is -0.696. The number of hydrogen-bond donors (Lipinski definition) is 2. The molecule has 0 radical (unpaired) electrons. The van der Waals surface area contributed by atoms with E-state index in [1.807, 2.05) is 0 Å². The zero-order chi connectivity index (χ0) is 15.6. The van der Waals surface area contributed by atoms with Gasteiger partial charge in [-0.15, -0.1) is 0 Å². The lowest BCUT2D eigenvalue weighted by atomic mass is 10.1. The third-order valence-corrected chi connectivity index (χ3v) is 4.18. The van der Waals surface area contributed by atoms with Crippen molar-refractivity contribution in [3.63, 3.8) is 0 Å². The van der Waals surface area contributed by atoms with Crippen molar-refractivity contribution >= 4 is 28.5 Å². The number of nitrogens with two attached hydrogens (primary N) is 1. The highest BCUT2D eigenvalue weighted by atomic mass is 32.2. The summed E-state index contributed by atoms with van der Waals surface area (Å²) in [7, 11) is 0. The molecule has 2 unspecified atom stereocenters. The Hall–Kier alpha value is -2.16. The summed E-state index contributed by atoms with van der Waals surface area (Å²) in [6.45, 7) is 1.70. The monoisotopic (exact) mass is 312 g/mol. The van der Waals surface area contributed by atoms with Crippen LogP contribution in [-0.2, 0) is 11.3 Å². The van der Waals surface area contributed by atoms with Crippen LogP contribution in [0, 0.1) is 15.9 Å². The summed E-state index contributed by atoms with van der Waals surface area (Å²) < 4.78 is 13.0. The molecule has 112 valence electrons. The highest BCUT2D eigenvalue weighted by Crippen LogP contribution is 2.25. The predicted octanol–water partition coefficient (Wildman–Crippen LogP) is 1.17. The van der Waals surface area contributed by atoms with Crippen molar-refractivity contribution in [1.82, 2.24) is 5.32 Å². The van der Waals surface area contributed by atoms with Crippen LogP contribution < -0.4 is 11.1 Å². The number of aliphatic imine (C=N–C) groups is 1. The SMILES string of the molecule is CC1N=C(N)SC1C(=O)NCc1ccc(F)cc1[N+](=O)[O-]. The van der Waals surface area contributed by atoms with Crippen LogP contribution in [0.4, 0.5) is 10.1 Å². The van der Waals surface area contributed by atoms with Crippen molar-refractivity contribution in [2.45, 2.75) is 24.8 Å². The third-order valence-electron chi connectivity index (χ3n) is 2.97. The molecule has 21 heavy (non-hydrogen) atoms. The second kappa shape index (κ2) is 6.08. The van der Waals surface area contributed by atoms with Crippen LogP contribution in [0.2, 0.25) is 0 Å². The van der Waals surface area contributed by atoms with E-state index in [0.29, 0.717) is 5.17 Å². The van der Waals surface area contributed by atoms with Crippen LogP contribution in [-0.4, -0.2) is 27.3 Å². The van der Waals surface area contributed by atoms with Gasteiger partial charge in [0, 0.05) is 12.1 Å². The molecule has 1 amide bonds. The Balaban J connectivity index is 2.04. The van der Waals surface area contributed by atoms with Crippen LogP contribution in [0.3, 0.4) is 0 Å². The molecule has 0 spiro atoms. The first kappa shape index (κ1) is 15.2. The van der Waals surface area contributed by atoms with Crippen LogP contribution in [0.15, 0.2) is 23.2 Å². The van der Waals surface area contributed by atoms with Gasteiger partial charge in [-0.1, -0.05) is 11.8 Å². The molecular weight excluding hydrogens is 299 g/mol. The molecule has 1 heterocycles. The number of halogens is 1. The second-order valence-electron chi connectivity index (χ2n) is 4.49. The molecule has 9 heteroatoms. The maximum Gasteiger partial charge on any atom is 0.277 e. The number of benzene rings is 1. The van der Waals surface area contributed by atoms with Gasteiger partial charge in [-0.25, -0.2) is 4.39 Å². The number of nitro groups is 1. The Labute approximate surface area is 124 Å². The standard InChI is InChI=1S/C12H13FN4O3S/c1-6-10(21-12(14)16-6)11(18)15-5-7-2-3-8(13)4-9(7)17(19)20/h2-4,6,10H,5H2,1H3,(H2,14,16)(H,15,18).